The molecule has 0 spiro atoms. The van der Waals surface area contributed by atoms with Crippen molar-refractivity contribution in [3.8, 4) is 0 Å². The van der Waals surface area contributed by atoms with Crippen LogP contribution in [0.15, 0.2) is 77.7 Å². The maximum absolute atomic E-state index is 13.1. The fourth-order valence-electron chi connectivity index (χ4n) is 2.65. The molecule has 0 aromatic heterocycles. The maximum atomic E-state index is 13.1. The van der Waals surface area contributed by atoms with E-state index in [1.54, 1.807) is 0 Å². The van der Waals surface area contributed by atoms with E-state index in [0.29, 0.717) is 0 Å². The van der Waals surface area contributed by atoms with E-state index in [9.17, 15) is 32.5 Å². The predicted octanol–water partition coefficient (Wildman–Crippen LogP) is 3.57. The second-order valence-corrected chi connectivity index (χ2v) is 8.09. The summed E-state index contributed by atoms with van der Waals surface area (Å²) in [6, 6.07) is 14.6. The standard InChI is InChI=1S/C21H15FN2O7S/c22-15-8-10-17(11-9-15)32(29,30)23-19-7-2-1-6-18(19)21(26)31-13-20(25)14-4-3-5-16(12-14)24(27)28/h1-12,23H,13H2. The molecule has 0 aliphatic heterocycles. The molecular formula is C21H15FN2O7S. The fourth-order valence-corrected chi connectivity index (χ4v) is 3.73. The summed E-state index contributed by atoms with van der Waals surface area (Å²) in [5.74, 6) is -2.27. The zero-order valence-corrected chi connectivity index (χ0v) is 17.0. The number of ether oxygens (including phenoxy) is 1. The van der Waals surface area contributed by atoms with Crippen LogP contribution in [0, 0.1) is 15.9 Å². The van der Waals surface area contributed by atoms with Crippen molar-refractivity contribution >= 4 is 33.2 Å². The van der Waals surface area contributed by atoms with Crippen LogP contribution in [0.25, 0.3) is 0 Å². The summed E-state index contributed by atoms with van der Waals surface area (Å²) in [6.07, 6.45) is 0. The molecule has 0 amide bonds. The van der Waals surface area contributed by atoms with E-state index in [0.717, 1.165) is 30.3 Å². The Morgan fingerprint density at radius 2 is 1.69 bits per heavy atom. The van der Waals surface area contributed by atoms with Crippen molar-refractivity contribution in [2.75, 3.05) is 11.3 Å². The second-order valence-electron chi connectivity index (χ2n) is 6.41. The van der Waals surface area contributed by atoms with Crippen LogP contribution in [0.3, 0.4) is 0 Å². The Balaban J connectivity index is 1.74. The van der Waals surface area contributed by atoms with E-state index in [1.807, 2.05) is 0 Å². The highest BCUT2D eigenvalue weighted by molar-refractivity contribution is 7.92. The lowest BCUT2D eigenvalue weighted by Crippen LogP contribution is -2.18. The Kier molecular flexibility index (Phi) is 6.59. The third-order valence-corrected chi connectivity index (χ3v) is 5.61. The lowest BCUT2D eigenvalue weighted by molar-refractivity contribution is -0.384. The monoisotopic (exact) mass is 458 g/mol. The minimum atomic E-state index is -4.13. The number of nitro groups is 1. The minimum absolute atomic E-state index is 0.0164. The Labute approximate surface area is 181 Å². The van der Waals surface area contributed by atoms with E-state index >= 15 is 0 Å². The number of esters is 1. The number of sulfonamides is 1. The Morgan fingerprint density at radius 1 is 1.00 bits per heavy atom. The van der Waals surface area contributed by atoms with Crippen LogP contribution in [-0.4, -0.2) is 31.7 Å². The van der Waals surface area contributed by atoms with Gasteiger partial charge in [0, 0.05) is 17.7 Å². The molecule has 0 fully saturated rings. The van der Waals surface area contributed by atoms with Gasteiger partial charge in [-0.05, 0) is 36.4 Å². The van der Waals surface area contributed by atoms with Gasteiger partial charge in [-0.1, -0.05) is 24.3 Å². The number of hydrogen-bond acceptors (Lipinski definition) is 7. The van der Waals surface area contributed by atoms with Gasteiger partial charge >= 0.3 is 5.97 Å². The molecule has 0 unspecified atom stereocenters. The number of non-ortho nitro benzene ring substituents is 1. The number of carbonyl (C=O) groups is 2. The number of rotatable bonds is 8. The van der Waals surface area contributed by atoms with Gasteiger partial charge in [0.25, 0.3) is 15.7 Å². The molecule has 3 rings (SSSR count). The molecule has 32 heavy (non-hydrogen) atoms. The van der Waals surface area contributed by atoms with Crippen LogP contribution in [0.5, 0.6) is 0 Å². The van der Waals surface area contributed by atoms with Crippen LogP contribution in [0.2, 0.25) is 0 Å². The summed E-state index contributed by atoms with van der Waals surface area (Å²) >= 11 is 0. The lowest BCUT2D eigenvalue weighted by atomic mass is 10.1. The number of anilines is 1. The molecule has 0 atom stereocenters. The summed E-state index contributed by atoms with van der Waals surface area (Å²) in [5, 5.41) is 10.8. The molecule has 3 aromatic rings. The topological polar surface area (TPSA) is 133 Å². The van der Waals surface area contributed by atoms with Gasteiger partial charge in [0.1, 0.15) is 5.82 Å². The highest BCUT2D eigenvalue weighted by Gasteiger charge is 2.21. The van der Waals surface area contributed by atoms with E-state index in [1.165, 1.54) is 42.5 Å². The molecule has 3 aromatic carbocycles. The molecule has 0 saturated heterocycles. The number of nitro benzene ring substituents is 1. The number of nitrogens with one attached hydrogen (secondary N) is 1. The first-order valence-corrected chi connectivity index (χ1v) is 10.5. The molecule has 9 nitrogen and oxygen atoms in total. The number of ketones is 1. The third kappa shape index (κ3) is 5.32. The number of Topliss-reactive ketones (excluding diaryl/α,β-unsaturated/α-hetero) is 1. The lowest BCUT2D eigenvalue weighted by Gasteiger charge is -2.12. The van der Waals surface area contributed by atoms with E-state index in [-0.39, 0.29) is 27.4 Å². The Hall–Kier alpha value is -4.12. The zero-order valence-electron chi connectivity index (χ0n) is 16.2. The molecule has 0 heterocycles. The SMILES string of the molecule is O=C(COC(=O)c1ccccc1NS(=O)(=O)c1ccc(F)cc1)c1cccc([N+](=O)[O-])c1. The molecule has 0 radical (unpaired) electrons. The van der Waals surface area contributed by atoms with Gasteiger partial charge in [-0.2, -0.15) is 0 Å². The Bertz CT molecular complexity index is 1290. The first-order valence-electron chi connectivity index (χ1n) is 8.99. The molecule has 0 bridgehead atoms. The van der Waals surface area contributed by atoms with Crippen LogP contribution in [0.1, 0.15) is 20.7 Å². The van der Waals surface area contributed by atoms with Crippen molar-refractivity contribution in [2.24, 2.45) is 0 Å². The molecule has 0 saturated carbocycles. The first-order chi connectivity index (χ1) is 15.2. The van der Waals surface area contributed by atoms with Crippen molar-refractivity contribution in [3.05, 3.63) is 99.9 Å². The normalized spacial score (nSPS) is 10.9. The van der Waals surface area contributed by atoms with Crippen LogP contribution in [-0.2, 0) is 14.8 Å². The second kappa shape index (κ2) is 9.35. The molecule has 164 valence electrons. The minimum Gasteiger partial charge on any atom is -0.454 e. The highest BCUT2D eigenvalue weighted by Crippen LogP contribution is 2.21. The van der Waals surface area contributed by atoms with Gasteiger partial charge in [-0.3, -0.25) is 19.6 Å². The van der Waals surface area contributed by atoms with E-state index in [2.05, 4.69) is 4.72 Å². The van der Waals surface area contributed by atoms with Crippen molar-refractivity contribution in [1.82, 2.24) is 0 Å². The van der Waals surface area contributed by atoms with Crippen molar-refractivity contribution in [2.45, 2.75) is 4.90 Å². The highest BCUT2D eigenvalue weighted by atomic mass is 32.2. The third-order valence-electron chi connectivity index (χ3n) is 4.23. The van der Waals surface area contributed by atoms with Gasteiger partial charge in [0.2, 0.25) is 5.78 Å². The van der Waals surface area contributed by atoms with Crippen molar-refractivity contribution in [1.29, 1.82) is 0 Å². The van der Waals surface area contributed by atoms with E-state index < -0.39 is 39.1 Å². The summed E-state index contributed by atoms with van der Waals surface area (Å²) in [4.78, 5) is 34.7. The number of nitrogens with zero attached hydrogens (tertiary/aromatic N) is 1. The number of para-hydroxylation sites is 1. The van der Waals surface area contributed by atoms with E-state index in [4.69, 9.17) is 4.74 Å². The van der Waals surface area contributed by atoms with Gasteiger partial charge in [0.15, 0.2) is 6.61 Å². The molecular weight excluding hydrogens is 443 g/mol. The van der Waals surface area contributed by atoms with Crippen LogP contribution >= 0.6 is 0 Å². The average molecular weight is 458 g/mol. The number of benzene rings is 3. The summed E-state index contributed by atoms with van der Waals surface area (Å²) < 4.78 is 45.3. The summed E-state index contributed by atoms with van der Waals surface area (Å²) in [6.45, 7) is -0.709. The predicted molar refractivity (Wildman–Crippen MR) is 111 cm³/mol. The van der Waals surface area contributed by atoms with Crippen molar-refractivity contribution < 1.29 is 32.1 Å². The summed E-state index contributed by atoms with van der Waals surface area (Å²) in [5.41, 5.74) is -0.574. The molecule has 1 N–H and O–H groups in total. The molecule has 0 aliphatic carbocycles. The number of hydrogen-bond donors (Lipinski definition) is 1. The van der Waals surface area contributed by atoms with Gasteiger partial charge in [0.05, 0.1) is 21.1 Å². The largest absolute Gasteiger partial charge is 0.454 e. The van der Waals surface area contributed by atoms with Gasteiger partial charge < -0.3 is 4.74 Å². The first kappa shape index (κ1) is 22.6. The average Bonchev–Trinajstić information content (AvgIpc) is 2.77. The Morgan fingerprint density at radius 3 is 2.38 bits per heavy atom. The fraction of sp³-hybridized carbons (Fsp3) is 0.0476. The van der Waals surface area contributed by atoms with Gasteiger partial charge in [-0.25, -0.2) is 17.6 Å². The van der Waals surface area contributed by atoms with Gasteiger partial charge in [-0.15, -0.1) is 0 Å². The number of carbonyl (C=O) groups excluding carboxylic acids is 2. The summed E-state index contributed by atoms with van der Waals surface area (Å²) in [7, 11) is -4.13. The number of halogens is 1. The maximum Gasteiger partial charge on any atom is 0.340 e. The smallest absolute Gasteiger partial charge is 0.340 e. The van der Waals surface area contributed by atoms with Crippen LogP contribution in [0.4, 0.5) is 15.8 Å². The molecule has 11 heteroatoms. The quantitative estimate of drug-likeness (QED) is 0.236. The zero-order chi connectivity index (χ0) is 23.3. The van der Waals surface area contributed by atoms with Crippen molar-refractivity contribution in [3.63, 3.8) is 0 Å². The molecule has 0 aliphatic rings. The van der Waals surface area contributed by atoms with Crippen LogP contribution < -0.4 is 4.72 Å².